The molecular formula is C20H13BrClN3O. The van der Waals surface area contributed by atoms with Gasteiger partial charge < -0.3 is 10.3 Å². The first-order valence-electron chi connectivity index (χ1n) is 7.92. The van der Waals surface area contributed by atoms with Crippen LogP contribution in [0.15, 0.2) is 71.2 Å². The number of aromatic nitrogens is 2. The van der Waals surface area contributed by atoms with Crippen molar-refractivity contribution in [2.24, 2.45) is 0 Å². The highest BCUT2D eigenvalue weighted by Gasteiger charge is 2.15. The Hall–Kier alpha value is -2.63. The summed E-state index contributed by atoms with van der Waals surface area (Å²) in [5.74, 6) is 0.419. The van der Waals surface area contributed by atoms with Crippen molar-refractivity contribution in [3.8, 4) is 11.4 Å². The van der Waals surface area contributed by atoms with Gasteiger partial charge in [-0.15, -0.1) is 0 Å². The first-order chi connectivity index (χ1) is 12.6. The molecule has 4 aromatic rings. The zero-order chi connectivity index (χ0) is 18.1. The van der Waals surface area contributed by atoms with Gasteiger partial charge in [-0.05, 0) is 42.5 Å². The average molecular weight is 427 g/mol. The second kappa shape index (κ2) is 6.94. The monoisotopic (exact) mass is 425 g/mol. The summed E-state index contributed by atoms with van der Waals surface area (Å²) in [6, 6.07) is 20.5. The van der Waals surface area contributed by atoms with E-state index in [9.17, 15) is 4.79 Å². The number of benzene rings is 3. The molecule has 0 atom stereocenters. The van der Waals surface area contributed by atoms with E-state index in [4.69, 9.17) is 11.6 Å². The lowest BCUT2D eigenvalue weighted by Crippen LogP contribution is -2.13. The standard InChI is InChI=1S/C20H13BrClN3O/c21-12-9-10-15(22)14(11-12)20(26)25-16-6-2-1-5-13(16)19-23-17-7-3-4-8-18(17)24-19/h1-11H,(H,23,24)(H,25,26). The smallest absolute Gasteiger partial charge is 0.257 e. The molecule has 1 aromatic heterocycles. The fraction of sp³-hybridized carbons (Fsp3) is 0. The zero-order valence-corrected chi connectivity index (χ0v) is 15.8. The second-order valence-corrected chi connectivity index (χ2v) is 7.05. The second-order valence-electron chi connectivity index (χ2n) is 5.73. The molecule has 4 rings (SSSR count). The number of para-hydroxylation sites is 3. The van der Waals surface area contributed by atoms with Gasteiger partial charge in [0.15, 0.2) is 0 Å². The van der Waals surface area contributed by atoms with Gasteiger partial charge in [0.2, 0.25) is 0 Å². The molecule has 6 heteroatoms. The summed E-state index contributed by atoms with van der Waals surface area (Å²) in [7, 11) is 0. The number of hydrogen-bond acceptors (Lipinski definition) is 2. The van der Waals surface area contributed by atoms with Crippen LogP contribution in [0.3, 0.4) is 0 Å². The first-order valence-corrected chi connectivity index (χ1v) is 9.09. The Bertz CT molecular complexity index is 1090. The van der Waals surface area contributed by atoms with E-state index in [2.05, 4.69) is 31.2 Å². The summed E-state index contributed by atoms with van der Waals surface area (Å²) in [4.78, 5) is 20.6. The van der Waals surface area contributed by atoms with Crippen molar-refractivity contribution in [2.45, 2.75) is 0 Å². The summed E-state index contributed by atoms with van der Waals surface area (Å²) in [6.45, 7) is 0. The van der Waals surface area contributed by atoms with E-state index in [0.29, 0.717) is 22.1 Å². The van der Waals surface area contributed by atoms with Crippen LogP contribution in [-0.4, -0.2) is 15.9 Å². The highest BCUT2D eigenvalue weighted by molar-refractivity contribution is 9.10. The van der Waals surface area contributed by atoms with Crippen LogP contribution in [0.1, 0.15) is 10.4 Å². The van der Waals surface area contributed by atoms with Crippen LogP contribution in [0, 0.1) is 0 Å². The Morgan fingerprint density at radius 2 is 1.81 bits per heavy atom. The van der Waals surface area contributed by atoms with Crippen molar-refractivity contribution in [1.82, 2.24) is 9.97 Å². The first kappa shape index (κ1) is 16.8. The van der Waals surface area contributed by atoms with Crippen LogP contribution in [0.2, 0.25) is 5.02 Å². The number of carbonyl (C=O) groups is 1. The number of hydrogen-bond donors (Lipinski definition) is 2. The van der Waals surface area contributed by atoms with Gasteiger partial charge in [0.1, 0.15) is 5.82 Å². The van der Waals surface area contributed by atoms with Crippen LogP contribution in [0.5, 0.6) is 0 Å². The minimum absolute atomic E-state index is 0.278. The predicted octanol–water partition coefficient (Wildman–Crippen LogP) is 5.90. The fourth-order valence-corrected chi connectivity index (χ4v) is 3.30. The highest BCUT2D eigenvalue weighted by Crippen LogP contribution is 2.29. The third-order valence-electron chi connectivity index (χ3n) is 3.99. The summed E-state index contributed by atoms with van der Waals surface area (Å²) in [5.41, 5.74) is 3.69. The summed E-state index contributed by atoms with van der Waals surface area (Å²) >= 11 is 9.53. The van der Waals surface area contributed by atoms with E-state index in [1.54, 1.807) is 18.2 Å². The van der Waals surface area contributed by atoms with Gasteiger partial charge in [0.25, 0.3) is 5.91 Å². The number of nitrogens with zero attached hydrogens (tertiary/aromatic N) is 1. The van der Waals surface area contributed by atoms with Crippen molar-refractivity contribution in [1.29, 1.82) is 0 Å². The minimum Gasteiger partial charge on any atom is -0.338 e. The number of amides is 1. The molecule has 0 aliphatic carbocycles. The number of imidazole rings is 1. The zero-order valence-electron chi connectivity index (χ0n) is 13.5. The van der Waals surface area contributed by atoms with E-state index >= 15 is 0 Å². The number of carbonyl (C=O) groups excluding carboxylic acids is 1. The van der Waals surface area contributed by atoms with Gasteiger partial charge in [-0.2, -0.15) is 0 Å². The molecule has 0 aliphatic rings. The molecule has 0 unspecified atom stereocenters. The number of halogens is 2. The van der Waals surface area contributed by atoms with E-state index in [-0.39, 0.29) is 5.91 Å². The number of aromatic amines is 1. The number of fused-ring (bicyclic) bond motifs is 1. The van der Waals surface area contributed by atoms with Gasteiger partial charge in [-0.25, -0.2) is 4.98 Å². The van der Waals surface area contributed by atoms with Crippen molar-refractivity contribution in [3.05, 3.63) is 81.8 Å². The lowest BCUT2D eigenvalue weighted by Gasteiger charge is -2.10. The molecule has 0 spiro atoms. The van der Waals surface area contributed by atoms with Gasteiger partial charge in [0, 0.05) is 10.0 Å². The maximum Gasteiger partial charge on any atom is 0.257 e. The lowest BCUT2D eigenvalue weighted by molar-refractivity contribution is 0.102. The Morgan fingerprint density at radius 1 is 1.04 bits per heavy atom. The van der Waals surface area contributed by atoms with Crippen molar-refractivity contribution in [3.63, 3.8) is 0 Å². The Kier molecular flexibility index (Phi) is 4.49. The van der Waals surface area contributed by atoms with Crippen LogP contribution in [0.25, 0.3) is 22.4 Å². The normalized spacial score (nSPS) is 10.8. The molecule has 1 amide bonds. The SMILES string of the molecule is O=C(Nc1ccccc1-c1nc2ccccc2[nH]1)c1cc(Br)ccc1Cl. The van der Waals surface area contributed by atoms with Gasteiger partial charge in [-0.1, -0.05) is 51.8 Å². The predicted molar refractivity (Wildman–Crippen MR) is 109 cm³/mol. The van der Waals surface area contributed by atoms with Gasteiger partial charge in [-0.3, -0.25) is 4.79 Å². The Balaban J connectivity index is 1.72. The van der Waals surface area contributed by atoms with E-state index < -0.39 is 0 Å². The third-order valence-corrected chi connectivity index (χ3v) is 4.82. The summed E-state index contributed by atoms with van der Waals surface area (Å²) < 4.78 is 0.789. The molecule has 3 aromatic carbocycles. The topological polar surface area (TPSA) is 57.8 Å². The number of H-pyrrole nitrogens is 1. The van der Waals surface area contributed by atoms with Crippen molar-refractivity contribution in [2.75, 3.05) is 5.32 Å². The average Bonchev–Trinajstić information content (AvgIpc) is 3.08. The summed E-state index contributed by atoms with van der Waals surface area (Å²) in [5, 5.41) is 3.33. The molecule has 0 radical (unpaired) electrons. The van der Waals surface area contributed by atoms with Gasteiger partial charge >= 0.3 is 0 Å². The fourth-order valence-electron chi connectivity index (χ4n) is 2.74. The van der Waals surface area contributed by atoms with E-state index in [0.717, 1.165) is 21.1 Å². The molecule has 0 aliphatic heterocycles. The van der Waals surface area contributed by atoms with Gasteiger partial charge in [0.05, 0.1) is 27.3 Å². The number of nitrogens with one attached hydrogen (secondary N) is 2. The number of anilines is 1. The molecule has 2 N–H and O–H groups in total. The van der Waals surface area contributed by atoms with Crippen molar-refractivity contribution >= 4 is 50.2 Å². The van der Waals surface area contributed by atoms with Crippen LogP contribution >= 0.6 is 27.5 Å². The number of rotatable bonds is 3. The molecule has 1 heterocycles. The van der Waals surface area contributed by atoms with Crippen molar-refractivity contribution < 1.29 is 4.79 Å². The molecule has 0 fully saturated rings. The third kappa shape index (κ3) is 3.23. The quantitative estimate of drug-likeness (QED) is 0.428. The summed E-state index contributed by atoms with van der Waals surface area (Å²) in [6.07, 6.45) is 0. The molecule has 26 heavy (non-hydrogen) atoms. The van der Waals surface area contributed by atoms with Crippen LogP contribution in [-0.2, 0) is 0 Å². The largest absolute Gasteiger partial charge is 0.338 e. The van der Waals surface area contributed by atoms with Crippen LogP contribution < -0.4 is 5.32 Å². The minimum atomic E-state index is -0.278. The van der Waals surface area contributed by atoms with E-state index in [1.165, 1.54) is 0 Å². The molecule has 128 valence electrons. The lowest BCUT2D eigenvalue weighted by atomic mass is 10.1. The van der Waals surface area contributed by atoms with E-state index in [1.807, 2.05) is 48.5 Å². The maximum absolute atomic E-state index is 12.7. The molecular weight excluding hydrogens is 414 g/mol. The van der Waals surface area contributed by atoms with Crippen LogP contribution in [0.4, 0.5) is 5.69 Å². The molecule has 0 bridgehead atoms. The maximum atomic E-state index is 12.7. The highest BCUT2D eigenvalue weighted by atomic mass is 79.9. The molecule has 0 saturated carbocycles. The molecule has 4 nitrogen and oxygen atoms in total. The Morgan fingerprint density at radius 3 is 2.65 bits per heavy atom. The molecule has 0 saturated heterocycles. The Labute approximate surface area is 163 Å².